The third-order valence-electron chi connectivity index (χ3n) is 2.33. The molecule has 1 atom stereocenters. The summed E-state index contributed by atoms with van der Waals surface area (Å²) >= 11 is 0. The van der Waals surface area contributed by atoms with Crippen LogP contribution in [0.5, 0.6) is 17.2 Å². The summed E-state index contributed by atoms with van der Waals surface area (Å²) in [6.45, 7) is 1.95. The van der Waals surface area contributed by atoms with Crippen LogP contribution in [0.15, 0.2) is 12.1 Å². The van der Waals surface area contributed by atoms with Gasteiger partial charge in [-0.2, -0.15) is 0 Å². The van der Waals surface area contributed by atoms with Gasteiger partial charge in [0.05, 0.1) is 6.10 Å². The highest BCUT2D eigenvalue weighted by molar-refractivity contribution is 5.53. The third kappa shape index (κ3) is 1.30. The molecule has 3 nitrogen and oxygen atoms in total. The minimum Gasteiger partial charge on any atom is -0.508 e. The first-order valence-electron chi connectivity index (χ1n) is 4.39. The summed E-state index contributed by atoms with van der Waals surface area (Å²) in [7, 11) is 0. The van der Waals surface area contributed by atoms with Gasteiger partial charge in [-0.05, 0) is 31.9 Å². The van der Waals surface area contributed by atoms with Crippen molar-refractivity contribution >= 4 is 0 Å². The molecule has 0 amide bonds. The highest BCUT2D eigenvalue weighted by Crippen LogP contribution is 2.40. The maximum Gasteiger partial charge on any atom is 0.168 e. The number of phenols is 2. The van der Waals surface area contributed by atoms with E-state index in [1.807, 2.05) is 6.92 Å². The zero-order chi connectivity index (χ0) is 9.42. The minimum atomic E-state index is 0.111. The maximum atomic E-state index is 9.48. The number of benzene rings is 1. The SMILES string of the molecule is CC1CCc2c(O)ccc(O)c2O1. The van der Waals surface area contributed by atoms with Crippen LogP contribution >= 0.6 is 0 Å². The van der Waals surface area contributed by atoms with E-state index in [0.29, 0.717) is 5.75 Å². The average Bonchev–Trinajstić information content (AvgIpc) is 2.12. The van der Waals surface area contributed by atoms with Crippen LogP contribution in [0.3, 0.4) is 0 Å². The van der Waals surface area contributed by atoms with Crippen LogP contribution in [0, 0.1) is 0 Å². The summed E-state index contributed by atoms with van der Waals surface area (Å²) in [5.41, 5.74) is 0.720. The van der Waals surface area contributed by atoms with E-state index in [-0.39, 0.29) is 17.6 Å². The third-order valence-corrected chi connectivity index (χ3v) is 2.33. The van der Waals surface area contributed by atoms with Crippen molar-refractivity contribution in [3.63, 3.8) is 0 Å². The van der Waals surface area contributed by atoms with Crippen LogP contribution in [-0.4, -0.2) is 16.3 Å². The Hall–Kier alpha value is -1.38. The molecule has 0 radical (unpaired) electrons. The Morgan fingerprint density at radius 2 is 2.00 bits per heavy atom. The molecule has 1 unspecified atom stereocenters. The number of fused-ring (bicyclic) bond motifs is 1. The number of ether oxygens (including phenoxy) is 1. The van der Waals surface area contributed by atoms with Crippen LogP contribution < -0.4 is 4.74 Å². The fraction of sp³-hybridized carbons (Fsp3) is 0.400. The lowest BCUT2D eigenvalue weighted by molar-refractivity contribution is 0.182. The van der Waals surface area contributed by atoms with E-state index in [0.717, 1.165) is 18.4 Å². The molecule has 2 rings (SSSR count). The van der Waals surface area contributed by atoms with Gasteiger partial charge < -0.3 is 14.9 Å². The normalized spacial score (nSPS) is 20.5. The second kappa shape index (κ2) is 2.83. The number of rotatable bonds is 0. The summed E-state index contributed by atoms with van der Waals surface area (Å²) in [5, 5.41) is 18.9. The van der Waals surface area contributed by atoms with Gasteiger partial charge in [0.2, 0.25) is 0 Å². The van der Waals surface area contributed by atoms with Crippen LogP contribution in [0.4, 0.5) is 0 Å². The first-order valence-corrected chi connectivity index (χ1v) is 4.39. The Morgan fingerprint density at radius 1 is 1.31 bits per heavy atom. The highest BCUT2D eigenvalue weighted by Gasteiger charge is 2.21. The zero-order valence-electron chi connectivity index (χ0n) is 7.45. The molecule has 0 spiro atoms. The molecule has 1 heterocycles. The first kappa shape index (κ1) is 8.23. The molecule has 1 aromatic rings. The summed E-state index contributed by atoms with van der Waals surface area (Å²) < 4.78 is 5.43. The number of hydrogen-bond acceptors (Lipinski definition) is 3. The monoisotopic (exact) mass is 180 g/mol. The molecule has 3 heteroatoms. The van der Waals surface area contributed by atoms with Crippen molar-refractivity contribution in [1.29, 1.82) is 0 Å². The van der Waals surface area contributed by atoms with Crippen LogP contribution in [0.25, 0.3) is 0 Å². The van der Waals surface area contributed by atoms with Gasteiger partial charge in [0.25, 0.3) is 0 Å². The van der Waals surface area contributed by atoms with Crippen molar-refractivity contribution in [2.75, 3.05) is 0 Å². The van der Waals surface area contributed by atoms with Crippen LogP contribution in [0.2, 0.25) is 0 Å². The Labute approximate surface area is 76.6 Å². The molecule has 0 aromatic heterocycles. The lowest BCUT2D eigenvalue weighted by Crippen LogP contribution is -2.18. The molecule has 0 bridgehead atoms. The molecule has 1 aliphatic rings. The van der Waals surface area contributed by atoms with E-state index in [4.69, 9.17) is 4.74 Å². The lowest BCUT2D eigenvalue weighted by atomic mass is 10.0. The molecule has 0 aliphatic carbocycles. The second-order valence-corrected chi connectivity index (χ2v) is 3.38. The second-order valence-electron chi connectivity index (χ2n) is 3.38. The fourth-order valence-electron chi connectivity index (χ4n) is 1.59. The molecule has 2 N–H and O–H groups in total. The fourth-order valence-corrected chi connectivity index (χ4v) is 1.59. The molecule has 13 heavy (non-hydrogen) atoms. The van der Waals surface area contributed by atoms with E-state index in [2.05, 4.69) is 0 Å². The maximum absolute atomic E-state index is 9.48. The Bertz CT molecular complexity index is 333. The topological polar surface area (TPSA) is 49.7 Å². The van der Waals surface area contributed by atoms with E-state index in [9.17, 15) is 10.2 Å². The lowest BCUT2D eigenvalue weighted by Gasteiger charge is -2.24. The van der Waals surface area contributed by atoms with Gasteiger partial charge in [0.15, 0.2) is 11.5 Å². The largest absolute Gasteiger partial charge is 0.508 e. The zero-order valence-corrected chi connectivity index (χ0v) is 7.45. The standard InChI is InChI=1S/C10H12O3/c1-6-2-3-7-8(11)4-5-9(12)10(7)13-6/h4-6,11-12H,2-3H2,1H3. The minimum absolute atomic E-state index is 0.111. The summed E-state index contributed by atoms with van der Waals surface area (Å²) in [6.07, 6.45) is 1.75. The van der Waals surface area contributed by atoms with Crippen molar-refractivity contribution in [2.45, 2.75) is 25.9 Å². The Balaban J connectivity index is 2.51. The number of aromatic hydroxyl groups is 2. The average molecular weight is 180 g/mol. The van der Waals surface area contributed by atoms with Gasteiger partial charge in [-0.3, -0.25) is 0 Å². The number of phenolic OH excluding ortho intramolecular Hbond substituents is 2. The molecular weight excluding hydrogens is 168 g/mol. The molecular formula is C10H12O3. The highest BCUT2D eigenvalue weighted by atomic mass is 16.5. The molecule has 0 fully saturated rings. The van der Waals surface area contributed by atoms with E-state index in [1.54, 1.807) is 0 Å². The van der Waals surface area contributed by atoms with Gasteiger partial charge in [-0.15, -0.1) is 0 Å². The van der Waals surface area contributed by atoms with Crippen molar-refractivity contribution in [1.82, 2.24) is 0 Å². The van der Waals surface area contributed by atoms with Crippen LogP contribution in [-0.2, 0) is 6.42 Å². The van der Waals surface area contributed by atoms with E-state index < -0.39 is 0 Å². The van der Waals surface area contributed by atoms with Crippen molar-refractivity contribution < 1.29 is 14.9 Å². The van der Waals surface area contributed by atoms with Crippen molar-refractivity contribution in [3.05, 3.63) is 17.7 Å². The van der Waals surface area contributed by atoms with Crippen molar-refractivity contribution in [3.8, 4) is 17.2 Å². The molecule has 1 aromatic carbocycles. The predicted octanol–water partition coefficient (Wildman–Crippen LogP) is 1.81. The Kier molecular flexibility index (Phi) is 1.79. The molecule has 1 aliphatic heterocycles. The number of hydrogen-bond donors (Lipinski definition) is 2. The molecule has 0 saturated heterocycles. The van der Waals surface area contributed by atoms with E-state index in [1.165, 1.54) is 12.1 Å². The smallest absolute Gasteiger partial charge is 0.168 e. The summed E-state index contributed by atoms with van der Waals surface area (Å²) in [5.74, 6) is 0.762. The van der Waals surface area contributed by atoms with Gasteiger partial charge in [0, 0.05) is 5.56 Å². The van der Waals surface area contributed by atoms with Crippen molar-refractivity contribution in [2.24, 2.45) is 0 Å². The predicted molar refractivity (Wildman–Crippen MR) is 48.2 cm³/mol. The Morgan fingerprint density at radius 3 is 2.77 bits per heavy atom. The molecule has 70 valence electrons. The quantitative estimate of drug-likeness (QED) is 0.598. The summed E-state index contributed by atoms with van der Waals surface area (Å²) in [4.78, 5) is 0. The molecule has 0 saturated carbocycles. The van der Waals surface area contributed by atoms with E-state index >= 15 is 0 Å². The summed E-state index contributed by atoms with van der Waals surface area (Å²) in [6, 6.07) is 2.94. The van der Waals surface area contributed by atoms with Crippen LogP contribution in [0.1, 0.15) is 18.9 Å². The van der Waals surface area contributed by atoms with Gasteiger partial charge in [0.1, 0.15) is 5.75 Å². The van der Waals surface area contributed by atoms with Gasteiger partial charge >= 0.3 is 0 Å². The van der Waals surface area contributed by atoms with Gasteiger partial charge in [-0.1, -0.05) is 0 Å². The first-order chi connectivity index (χ1) is 6.18. The van der Waals surface area contributed by atoms with Gasteiger partial charge in [-0.25, -0.2) is 0 Å².